The number of alkyl halides is 1. The van der Waals surface area contributed by atoms with Gasteiger partial charge < -0.3 is 4.90 Å². The first kappa shape index (κ1) is 13.5. The van der Waals surface area contributed by atoms with Crippen molar-refractivity contribution in [2.24, 2.45) is 0 Å². The van der Waals surface area contributed by atoms with E-state index in [4.69, 9.17) is 11.6 Å². The van der Waals surface area contributed by atoms with Gasteiger partial charge in [0.25, 0.3) is 5.91 Å². The first-order chi connectivity index (χ1) is 7.60. The number of benzene rings is 1. The highest BCUT2D eigenvalue weighted by atomic mass is 79.9. The fraction of sp³-hybridized carbons (Fsp3) is 0.364. The molecule has 1 aromatic rings. The van der Waals surface area contributed by atoms with E-state index >= 15 is 0 Å². The summed E-state index contributed by atoms with van der Waals surface area (Å²) in [6, 6.07) is 4.02. The average molecular weight is 309 g/mol. The van der Waals surface area contributed by atoms with E-state index in [-0.39, 0.29) is 11.7 Å². The predicted molar refractivity (Wildman–Crippen MR) is 66.4 cm³/mol. The second-order valence-corrected chi connectivity index (χ2v) is 4.43. The summed E-state index contributed by atoms with van der Waals surface area (Å²) in [6.45, 7) is 2.94. The fourth-order valence-corrected chi connectivity index (χ4v) is 2.06. The number of hydrogen-bond donors (Lipinski definition) is 0. The lowest BCUT2D eigenvalue weighted by molar-refractivity contribution is 0.0773. The Hall–Kier alpha value is -0.610. The van der Waals surface area contributed by atoms with Crippen LogP contribution in [0.3, 0.4) is 0 Å². The summed E-state index contributed by atoms with van der Waals surface area (Å²) in [5.74, 6) is -0.128. The van der Waals surface area contributed by atoms with Crippen LogP contribution in [-0.4, -0.2) is 29.8 Å². The molecule has 0 bridgehead atoms. The zero-order valence-electron chi connectivity index (χ0n) is 8.84. The number of hydrogen-bond acceptors (Lipinski definition) is 1. The summed E-state index contributed by atoms with van der Waals surface area (Å²) in [7, 11) is 0. The summed E-state index contributed by atoms with van der Waals surface area (Å²) in [6.07, 6.45) is 0. The van der Waals surface area contributed by atoms with Crippen LogP contribution in [0.5, 0.6) is 0 Å². The Kier molecular flexibility index (Phi) is 5.22. The number of rotatable bonds is 4. The van der Waals surface area contributed by atoms with Gasteiger partial charge in [0.2, 0.25) is 0 Å². The lowest BCUT2D eigenvalue weighted by Gasteiger charge is -2.20. The Morgan fingerprint density at radius 2 is 2.25 bits per heavy atom. The molecule has 0 fully saturated rings. The van der Waals surface area contributed by atoms with E-state index in [0.717, 1.165) is 0 Å². The van der Waals surface area contributed by atoms with Crippen molar-refractivity contribution < 1.29 is 9.18 Å². The number of halogens is 3. The zero-order valence-corrected chi connectivity index (χ0v) is 11.2. The lowest BCUT2D eigenvalue weighted by Crippen LogP contribution is -2.32. The molecule has 0 aromatic heterocycles. The SMILES string of the molecule is CCN(CCCl)C(=O)c1ccc(F)cc1Br. The van der Waals surface area contributed by atoms with Gasteiger partial charge in [0.05, 0.1) is 5.56 Å². The third-order valence-corrected chi connectivity index (χ3v) is 3.01. The molecule has 0 saturated carbocycles. The fourth-order valence-electron chi connectivity index (χ4n) is 1.34. The molecular weight excluding hydrogens is 296 g/mol. The summed E-state index contributed by atoms with van der Waals surface area (Å²) in [5, 5.41) is 0. The normalized spacial score (nSPS) is 10.2. The molecule has 2 nitrogen and oxygen atoms in total. The van der Waals surface area contributed by atoms with Gasteiger partial charge >= 0.3 is 0 Å². The van der Waals surface area contributed by atoms with E-state index in [0.29, 0.717) is 29.0 Å². The highest BCUT2D eigenvalue weighted by molar-refractivity contribution is 9.10. The van der Waals surface area contributed by atoms with Crippen molar-refractivity contribution in [3.8, 4) is 0 Å². The van der Waals surface area contributed by atoms with Crippen LogP contribution in [0.2, 0.25) is 0 Å². The molecule has 16 heavy (non-hydrogen) atoms. The van der Waals surface area contributed by atoms with Crippen LogP contribution in [0.25, 0.3) is 0 Å². The second kappa shape index (κ2) is 6.21. The van der Waals surface area contributed by atoms with Gasteiger partial charge in [-0.15, -0.1) is 11.6 Å². The monoisotopic (exact) mass is 307 g/mol. The second-order valence-electron chi connectivity index (χ2n) is 3.20. The summed E-state index contributed by atoms with van der Waals surface area (Å²) in [5.41, 5.74) is 0.452. The van der Waals surface area contributed by atoms with Crippen molar-refractivity contribution >= 4 is 33.4 Å². The summed E-state index contributed by atoms with van der Waals surface area (Å²) < 4.78 is 13.3. The van der Waals surface area contributed by atoms with Crippen molar-refractivity contribution in [2.75, 3.05) is 19.0 Å². The van der Waals surface area contributed by atoms with Crippen LogP contribution < -0.4 is 0 Å². The molecule has 0 aliphatic carbocycles. The minimum atomic E-state index is -0.371. The third kappa shape index (κ3) is 3.19. The van der Waals surface area contributed by atoms with Gasteiger partial charge in [0.15, 0.2) is 0 Å². The predicted octanol–water partition coefficient (Wildman–Crippen LogP) is 3.29. The molecular formula is C11H12BrClFNO. The van der Waals surface area contributed by atoms with Crippen molar-refractivity contribution in [1.82, 2.24) is 4.90 Å². The quantitative estimate of drug-likeness (QED) is 0.782. The van der Waals surface area contributed by atoms with E-state index < -0.39 is 0 Å². The minimum absolute atomic E-state index is 0.143. The van der Waals surface area contributed by atoms with Crippen molar-refractivity contribution in [3.63, 3.8) is 0 Å². The number of carbonyl (C=O) groups excluding carboxylic acids is 1. The zero-order chi connectivity index (χ0) is 12.1. The molecule has 5 heteroatoms. The van der Waals surface area contributed by atoms with Crippen molar-refractivity contribution in [3.05, 3.63) is 34.1 Å². The summed E-state index contributed by atoms with van der Waals surface area (Å²) in [4.78, 5) is 13.6. The number of nitrogens with zero attached hydrogens (tertiary/aromatic N) is 1. The molecule has 1 amide bonds. The van der Waals surface area contributed by atoms with E-state index in [1.165, 1.54) is 18.2 Å². The Balaban J connectivity index is 2.94. The Bertz CT molecular complexity index is 386. The largest absolute Gasteiger partial charge is 0.338 e. The highest BCUT2D eigenvalue weighted by Gasteiger charge is 2.16. The Labute approximate surface area is 108 Å². The minimum Gasteiger partial charge on any atom is -0.338 e. The van der Waals surface area contributed by atoms with Crippen LogP contribution in [0.15, 0.2) is 22.7 Å². The molecule has 0 saturated heterocycles. The van der Waals surface area contributed by atoms with Crippen molar-refractivity contribution in [1.29, 1.82) is 0 Å². The molecule has 0 radical (unpaired) electrons. The molecule has 88 valence electrons. The average Bonchev–Trinajstić information content (AvgIpc) is 2.25. The lowest BCUT2D eigenvalue weighted by atomic mass is 10.2. The van der Waals surface area contributed by atoms with Gasteiger partial charge in [-0.2, -0.15) is 0 Å². The first-order valence-corrected chi connectivity index (χ1v) is 6.23. The maximum atomic E-state index is 12.9. The molecule has 0 spiro atoms. The van der Waals surface area contributed by atoms with Crippen molar-refractivity contribution in [2.45, 2.75) is 6.92 Å². The van der Waals surface area contributed by atoms with Gasteiger partial charge in [-0.05, 0) is 41.1 Å². The van der Waals surface area contributed by atoms with Gasteiger partial charge in [-0.25, -0.2) is 4.39 Å². The maximum Gasteiger partial charge on any atom is 0.255 e. The van der Waals surface area contributed by atoms with Crippen LogP contribution >= 0.6 is 27.5 Å². The smallest absolute Gasteiger partial charge is 0.255 e. The number of carbonyl (C=O) groups is 1. The van der Waals surface area contributed by atoms with Gasteiger partial charge in [0.1, 0.15) is 5.82 Å². The standard InChI is InChI=1S/C11H12BrClFNO/c1-2-15(6-5-13)11(16)9-4-3-8(14)7-10(9)12/h3-4,7H,2,5-6H2,1H3. The van der Waals surface area contributed by atoms with E-state index in [1.54, 1.807) is 4.90 Å². The Morgan fingerprint density at radius 1 is 1.56 bits per heavy atom. The number of amides is 1. The molecule has 0 heterocycles. The van der Waals surface area contributed by atoms with E-state index in [1.807, 2.05) is 6.92 Å². The third-order valence-electron chi connectivity index (χ3n) is 2.18. The van der Waals surface area contributed by atoms with E-state index in [9.17, 15) is 9.18 Å². The first-order valence-electron chi connectivity index (χ1n) is 4.90. The molecule has 1 rings (SSSR count). The van der Waals surface area contributed by atoms with Crippen LogP contribution in [-0.2, 0) is 0 Å². The molecule has 0 aliphatic heterocycles. The highest BCUT2D eigenvalue weighted by Crippen LogP contribution is 2.19. The van der Waals surface area contributed by atoms with Gasteiger partial charge in [-0.3, -0.25) is 4.79 Å². The van der Waals surface area contributed by atoms with E-state index in [2.05, 4.69) is 15.9 Å². The van der Waals surface area contributed by atoms with Crippen LogP contribution in [0, 0.1) is 5.82 Å². The Morgan fingerprint density at radius 3 is 2.75 bits per heavy atom. The molecule has 0 N–H and O–H groups in total. The van der Waals surface area contributed by atoms with Gasteiger partial charge in [-0.1, -0.05) is 0 Å². The molecule has 0 atom stereocenters. The van der Waals surface area contributed by atoms with Gasteiger partial charge in [0, 0.05) is 23.4 Å². The molecule has 1 aromatic carbocycles. The van der Waals surface area contributed by atoms with Crippen LogP contribution in [0.4, 0.5) is 4.39 Å². The topological polar surface area (TPSA) is 20.3 Å². The van der Waals surface area contributed by atoms with Crippen LogP contribution in [0.1, 0.15) is 17.3 Å². The summed E-state index contributed by atoms with van der Waals surface area (Å²) >= 11 is 8.78. The molecule has 0 aliphatic rings. The maximum absolute atomic E-state index is 12.9. The molecule has 0 unspecified atom stereocenters.